The number of aliphatic imine (C=N–C) groups is 2. The second-order valence-electron chi connectivity index (χ2n) is 4.74. The van der Waals surface area contributed by atoms with Crippen LogP contribution in [0.15, 0.2) is 40.3 Å². The molecule has 0 aliphatic carbocycles. The van der Waals surface area contributed by atoms with Crippen molar-refractivity contribution in [2.45, 2.75) is 20.3 Å². The van der Waals surface area contributed by atoms with Crippen LogP contribution in [0.4, 0.5) is 11.5 Å². The Hall–Kier alpha value is -1.88. The maximum absolute atomic E-state index is 4.77. The molecule has 2 heterocycles. The number of fused-ring (bicyclic) bond motifs is 1. The van der Waals surface area contributed by atoms with Crippen molar-refractivity contribution in [1.82, 2.24) is 9.78 Å². The van der Waals surface area contributed by atoms with E-state index in [9.17, 15) is 0 Å². The second-order valence-corrected chi connectivity index (χ2v) is 5.62. The zero-order valence-electron chi connectivity index (χ0n) is 11.8. The van der Waals surface area contributed by atoms with Gasteiger partial charge < -0.3 is 0 Å². The van der Waals surface area contributed by atoms with Gasteiger partial charge in [0.2, 0.25) is 0 Å². The molecule has 0 saturated heterocycles. The quantitative estimate of drug-likeness (QED) is 0.792. The fraction of sp³-hybridized carbons (Fsp3) is 0.267. The Balaban J connectivity index is 2.24. The molecule has 4 nitrogen and oxygen atoms in total. The smallest absolute Gasteiger partial charge is 0.182 e. The minimum atomic E-state index is 0.810. The summed E-state index contributed by atoms with van der Waals surface area (Å²) in [6.07, 6.45) is 2.86. The molecule has 0 amide bonds. The van der Waals surface area contributed by atoms with Crippen molar-refractivity contribution >= 4 is 34.0 Å². The van der Waals surface area contributed by atoms with E-state index in [0.29, 0.717) is 0 Å². The highest BCUT2D eigenvalue weighted by atomic mass is 32.2. The van der Waals surface area contributed by atoms with Crippen LogP contribution in [0.2, 0.25) is 0 Å². The summed E-state index contributed by atoms with van der Waals surface area (Å²) in [4.78, 5) is 9.46. The molecule has 0 N–H and O–H groups in total. The van der Waals surface area contributed by atoms with Crippen LogP contribution in [0.3, 0.4) is 0 Å². The van der Waals surface area contributed by atoms with Crippen molar-refractivity contribution in [3.63, 3.8) is 0 Å². The SMILES string of the molecule is CSC1=Nc2c(c(C)nn2-c2ccccc2)N=C(C)C1. The first kappa shape index (κ1) is 13.1. The van der Waals surface area contributed by atoms with E-state index in [4.69, 9.17) is 4.99 Å². The largest absolute Gasteiger partial charge is 0.252 e. The Morgan fingerprint density at radius 2 is 1.85 bits per heavy atom. The molecule has 102 valence electrons. The number of para-hydroxylation sites is 1. The molecule has 0 bridgehead atoms. The number of nitrogens with zero attached hydrogens (tertiary/aromatic N) is 4. The van der Waals surface area contributed by atoms with Gasteiger partial charge in [0.25, 0.3) is 0 Å². The van der Waals surface area contributed by atoms with Crippen LogP contribution in [-0.2, 0) is 0 Å². The topological polar surface area (TPSA) is 42.5 Å². The number of benzene rings is 1. The zero-order valence-corrected chi connectivity index (χ0v) is 12.6. The summed E-state index contributed by atoms with van der Waals surface area (Å²) in [6.45, 7) is 4.02. The first-order valence-corrected chi connectivity index (χ1v) is 7.72. The average molecular weight is 284 g/mol. The number of hydrogen-bond donors (Lipinski definition) is 0. The molecule has 0 atom stereocenters. The summed E-state index contributed by atoms with van der Waals surface area (Å²) >= 11 is 1.67. The molecule has 20 heavy (non-hydrogen) atoms. The van der Waals surface area contributed by atoms with Crippen molar-refractivity contribution < 1.29 is 0 Å². The molecule has 0 radical (unpaired) electrons. The summed E-state index contributed by atoms with van der Waals surface area (Å²) in [5.74, 6) is 0.829. The van der Waals surface area contributed by atoms with Crippen LogP contribution in [0.5, 0.6) is 0 Å². The highest BCUT2D eigenvalue weighted by Gasteiger charge is 2.19. The molecule has 1 aliphatic heterocycles. The van der Waals surface area contributed by atoms with E-state index in [0.717, 1.165) is 40.1 Å². The Kier molecular flexibility index (Phi) is 3.44. The van der Waals surface area contributed by atoms with Gasteiger partial charge in [0.15, 0.2) is 5.82 Å². The fourth-order valence-corrected chi connectivity index (χ4v) is 2.74. The number of rotatable bonds is 1. The standard InChI is InChI=1S/C15H16N4S/c1-10-9-13(20-3)17-15-14(16-10)11(2)18-19(15)12-7-5-4-6-8-12/h4-8H,9H2,1-3H3. The van der Waals surface area contributed by atoms with Gasteiger partial charge in [0.05, 0.1) is 16.4 Å². The van der Waals surface area contributed by atoms with Gasteiger partial charge in [0, 0.05) is 12.1 Å². The lowest BCUT2D eigenvalue weighted by molar-refractivity contribution is 0.863. The Morgan fingerprint density at radius 3 is 2.55 bits per heavy atom. The Bertz CT molecular complexity index is 698. The van der Waals surface area contributed by atoms with Gasteiger partial charge in [-0.2, -0.15) is 5.10 Å². The van der Waals surface area contributed by atoms with Gasteiger partial charge in [-0.15, -0.1) is 11.8 Å². The summed E-state index contributed by atoms with van der Waals surface area (Å²) in [6, 6.07) is 10.1. The molecule has 1 aliphatic rings. The zero-order chi connectivity index (χ0) is 14.1. The Labute approximate surface area is 122 Å². The fourth-order valence-electron chi connectivity index (χ4n) is 2.21. The summed E-state index contributed by atoms with van der Waals surface area (Å²) < 4.78 is 1.88. The van der Waals surface area contributed by atoms with E-state index < -0.39 is 0 Å². The lowest BCUT2D eigenvalue weighted by Gasteiger charge is -2.04. The third kappa shape index (κ3) is 2.29. The minimum absolute atomic E-state index is 0.810. The third-order valence-corrected chi connectivity index (χ3v) is 3.89. The lowest BCUT2D eigenvalue weighted by atomic mass is 10.3. The summed E-state index contributed by atoms with van der Waals surface area (Å²) in [7, 11) is 0. The van der Waals surface area contributed by atoms with Gasteiger partial charge in [-0.05, 0) is 32.2 Å². The minimum Gasteiger partial charge on any atom is -0.252 e. The van der Waals surface area contributed by atoms with Gasteiger partial charge >= 0.3 is 0 Å². The van der Waals surface area contributed by atoms with Gasteiger partial charge in [-0.3, -0.25) is 4.99 Å². The maximum atomic E-state index is 4.77. The van der Waals surface area contributed by atoms with Crippen molar-refractivity contribution in [3.05, 3.63) is 36.0 Å². The van der Waals surface area contributed by atoms with E-state index in [1.165, 1.54) is 0 Å². The molecule has 5 heteroatoms. The molecule has 3 rings (SSSR count). The number of hydrogen-bond acceptors (Lipinski definition) is 4. The molecule has 1 aromatic carbocycles. The van der Waals surface area contributed by atoms with Crippen molar-refractivity contribution in [1.29, 1.82) is 0 Å². The maximum Gasteiger partial charge on any atom is 0.182 e. The Morgan fingerprint density at radius 1 is 1.10 bits per heavy atom. The van der Waals surface area contributed by atoms with Gasteiger partial charge in [-0.25, -0.2) is 9.67 Å². The van der Waals surface area contributed by atoms with Crippen LogP contribution in [0, 0.1) is 6.92 Å². The van der Waals surface area contributed by atoms with Gasteiger partial charge in [0.1, 0.15) is 5.69 Å². The van der Waals surface area contributed by atoms with E-state index in [-0.39, 0.29) is 0 Å². The first-order valence-electron chi connectivity index (χ1n) is 6.50. The monoisotopic (exact) mass is 284 g/mol. The van der Waals surface area contributed by atoms with Crippen LogP contribution in [0.1, 0.15) is 19.0 Å². The summed E-state index contributed by atoms with van der Waals surface area (Å²) in [5, 5.41) is 5.67. The highest BCUT2D eigenvalue weighted by Crippen LogP contribution is 2.36. The van der Waals surface area contributed by atoms with Crippen LogP contribution in [0.25, 0.3) is 5.69 Å². The molecule has 0 fully saturated rings. The highest BCUT2D eigenvalue weighted by molar-refractivity contribution is 8.13. The molecule has 0 saturated carbocycles. The molecule has 0 spiro atoms. The normalized spacial score (nSPS) is 14.3. The van der Waals surface area contributed by atoms with E-state index in [1.54, 1.807) is 11.8 Å². The lowest BCUT2D eigenvalue weighted by Crippen LogP contribution is -2.00. The number of aromatic nitrogens is 2. The average Bonchev–Trinajstić information content (AvgIpc) is 2.66. The van der Waals surface area contributed by atoms with Crippen LogP contribution >= 0.6 is 11.8 Å². The van der Waals surface area contributed by atoms with Crippen molar-refractivity contribution in [3.8, 4) is 5.69 Å². The van der Waals surface area contributed by atoms with E-state index in [2.05, 4.69) is 10.1 Å². The molecule has 1 aromatic heterocycles. The molecular weight excluding hydrogens is 268 g/mol. The second kappa shape index (κ2) is 5.25. The van der Waals surface area contributed by atoms with E-state index >= 15 is 0 Å². The number of thioether (sulfide) groups is 1. The predicted octanol–water partition coefficient (Wildman–Crippen LogP) is 4.07. The number of aryl methyl sites for hydroxylation is 1. The molecule has 0 unspecified atom stereocenters. The van der Waals surface area contributed by atoms with Crippen LogP contribution in [-0.4, -0.2) is 26.8 Å². The van der Waals surface area contributed by atoms with Crippen molar-refractivity contribution in [2.75, 3.05) is 6.26 Å². The summed E-state index contributed by atoms with van der Waals surface area (Å²) in [5.41, 5.74) is 3.88. The molecule has 2 aromatic rings. The third-order valence-electron chi connectivity index (χ3n) is 3.18. The van der Waals surface area contributed by atoms with Crippen molar-refractivity contribution in [2.24, 2.45) is 9.98 Å². The van der Waals surface area contributed by atoms with Gasteiger partial charge in [-0.1, -0.05) is 18.2 Å². The van der Waals surface area contributed by atoms with E-state index in [1.807, 2.05) is 55.1 Å². The van der Waals surface area contributed by atoms with Crippen LogP contribution < -0.4 is 0 Å². The first-order chi connectivity index (χ1) is 9.69. The predicted molar refractivity (Wildman–Crippen MR) is 86.3 cm³/mol. The molecular formula is C15H16N4S.